The Hall–Kier alpha value is -0.950. The molecule has 1 N–H and O–H groups in total. The summed E-state index contributed by atoms with van der Waals surface area (Å²) in [6, 6.07) is 9.39. The Morgan fingerprint density at radius 2 is 2.00 bits per heavy atom. The van der Waals surface area contributed by atoms with E-state index in [-0.39, 0.29) is 0 Å². The summed E-state index contributed by atoms with van der Waals surface area (Å²) >= 11 is 1.99. The maximum absolute atomic E-state index is 9.89. The van der Waals surface area contributed by atoms with E-state index in [2.05, 4.69) is 10.3 Å². The third-order valence-corrected chi connectivity index (χ3v) is 2.35. The quantitative estimate of drug-likeness (QED) is 0.856. The van der Waals surface area contributed by atoms with Crippen molar-refractivity contribution >= 4 is 22.9 Å². The fourth-order valence-corrected chi connectivity index (χ4v) is 1.57. The van der Waals surface area contributed by atoms with E-state index in [9.17, 15) is 5.11 Å². The lowest BCUT2D eigenvalue weighted by Gasteiger charge is -2.05. The van der Waals surface area contributed by atoms with Gasteiger partial charge in [0.2, 0.25) is 0 Å². The zero-order valence-corrected chi connectivity index (χ0v) is 9.37. The lowest BCUT2D eigenvalue weighted by atomic mass is 10.1. The molecule has 1 aromatic carbocycles. The van der Waals surface area contributed by atoms with Crippen molar-refractivity contribution in [2.24, 2.45) is 0 Å². The standard InChI is InChI=1S/C9H8IN3O/c10-13-6-8(11-12-13)9(14)7-4-2-1-3-5-7/h1-6,9,14H. The fourth-order valence-electron chi connectivity index (χ4n) is 1.19. The van der Waals surface area contributed by atoms with Crippen LogP contribution < -0.4 is 0 Å². The van der Waals surface area contributed by atoms with Gasteiger partial charge in [0.25, 0.3) is 0 Å². The summed E-state index contributed by atoms with van der Waals surface area (Å²) in [6.07, 6.45) is 0.998. The second-order valence-electron chi connectivity index (χ2n) is 2.85. The molecule has 0 fully saturated rings. The molecule has 0 amide bonds. The Kier molecular flexibility index (Phi) is 2.78. The highest BCUT2D eigenvalue weighted by atomic mass is 127. The van der Waals surface area contributed by atoms with Crippen molar-refractivity contribution in [1.29, 1.82) is 0 Å². The van der Waals surface area contributed by atoms with E-state index in [1.54, 1.807) is 9.09 Å². The van der Waals surface area contributed by atoms with Crippen LogP contribution in [0.1, 0.15) is 17.4 Å². The molecule has 72 valence electrons. The van der Waals surface area contributed by atoms with Crippen LogP contribution in [0, 0.1) is 0 Å². The highest BCUT2D eigenvalue weighted by Crippen LogP contribution is 2.19. The number of benzene rings is 1. The molecule has 0 aliphatic carbocycles. The molecule has 0 saturated heterocycles. The van der Waals surface area contributed by atoms with Crippen molar-refractivity contribution in [1.82, 2.24) is 13.2 Å². The van der Waals surface area contributed by atoms with Crippen molar-refractivity contribution in [3.05, 3.63) is 47.8 Å². The molecule has 0 aliphatic heterocycles. The molecule has 2 aromatic rings. The predicted octanol–water partition coefficient (Wildman–Crippen LogP) is 1.56. The Morgan fingerprint density at radius 1 is 1.29 bits per heavy atom. The van der Waals surface area contributed by atoms with Crippen molar-refractivity contribution < 1.29 is 5.11 Å². The zero-order valence-electron chi connectivity index (χ0n) is 7.21. The van der Waals surface area contributed by atoms with Crippen molar-refractivity contribution in [3.8, 4) is 0 Å². The Balaban J connectivity index is 2.29. The molecule has 1 atom stereocenters. The lowest BCUT2D eigenvalue weighted by Crippen LogP contribution is -1.99. The van der Waals surface area contributed by atoms with E-state index in [1.165, 1.54) is 0 Å². The summed E-state index contributed by atoms with van der Waals surface area (Å²) in [6.45, 7) is 0. The van der Waals surface area contributed by atoms with E-state index in [0.29, 0.717) is 5.69 Å². The van der Waals surface area contributed by atoms with Crippen LogP contribution in [0.15, 0.2) is 36.5 Å². The zero-order chi connectivity index (χ0) is 9.97. The molecule has 2 rings (SSSR count). The molecule has 0 spiro atoms. The first-order valence-electron chi connectivity index (χ1n) is 4.09. The van der Waals surface area contributed by atoms with Gasteiger partial charge in [-0.1, -0.05) is 35.5 Å². The molecular formula is C9H8IN3O. The largest absolute Gasteiger partial charge is 0.382 e. The van der Waals surface area contributed by atoms with E-state index < -0.39 is 6.10 Å². The van der Waals surface area contributed by atoms with Gasteiger partial charge in [-0.3, -0.25) is 0 Å². The minimum atomic E-state index is -0.695. The second kappa shape index (κ2) is 4.05. The number of aromatic nitrogens is 3. The van der Waals surface area contributed by atoms with Gasteiger partial charge in [0.15, 0.2) is 0 Å². The van der Waals surface area contributed by atoms with Crippen LogP contribution in [0.3, 0.4) is 0 Å². The summed E-state index contributed by atoms with van der Waals surface area (Å²) in [7, 11) is 0. The predicted molar refractivity (Wildman–Crippen MR) is 59.9 cm³/mol. The van der Waals surface area contributed by atoms with Crippen molar-refractivity contribution in [2.45, 2.75) is 6.10 Å². The third kappa shape index (κ3) is 1.93. The van der Waals surface area contributed by atoms with Crippen LogP contribution >= 0.6 is 22.9 Å². The van der Waals surface area contributed by atoms with Gasteiger partial charge in [-0.15, -0.1) is 5.10 Å². The molecule has 5 heteroatoms. The molecule has 0 bridgehead atoms. The van der Waals surface area contributed by atoms with E-state index in [1.807, 2.05) is 53.2 Å². The third-order valence-electron chi connectivity index (χ3n) is 1.88. The molecule has 0 aliphatic rings. The number of aliphatic hydroxyl groups excluding tert-OH is 1. The van der Waals surface area contributed by atoms with Gasteiger partial charge in [0, 0.05) is 0 Å². The Labute approximate surface area is 95.1 Å². The van der Waals surface area contributed by atoms with E-state index in [4.69, 9.17) is 0 Å². The molecule has 1 unspecified atom stereocenters. The van der Waals surface area contributed by atoms with Crippen LogP contribution in [-0.4, -0.2) is 18.3 Å². The molecule has 1 aromatic heterocycles. The van der Waals surface area contributed by atoms with Gasteiger partial charge in [0.1, 0.15) is 11.8 Å². The molecule has 4 nitrogen and oxygen atoms in total. The first-order valence-corrected chi connectivity index (χ1v) is 5.05. The summed E-state index contributed by atoms with van der Waals surface area (Å²) in [5.41, 5.74) is 1.38. The molecule has 14 heavy (non-hydrogen) atoms. The number of rotatable bonds is 2. The minimum absolute atomic E-state index is 0.561. The van der Waals surface area contributed by atoms with E-state index in [0.717, 1.165) is 5.56 Å². The average molecular weight is 301 g/mol. The monoisotopic (exact) mass is 301 g/mol. The van der Waals surface area contributed by atoms with Gasteiger partial charge in [-0.25, -0.2) is 0 Å². The van der Waals surface area contributed by atoms with Crippen LogP contribution in [0.5, 0.6) is 0 Å². The Morgan fingerprint density at radius 3 is 2.57 bits per heavy atom. The number of halogens is 1. The molecular weight excluding hydrogens is 293 g/mol. The van der Waals surface area contributed by atoms with Gasteiger partial charge in [-0.2, -0.15) is 2.90 Å². The van der Waals surface area contributed by atoms with Gasteiger partial charge < -0.3 is 5.11 Å². The number of nitrogens with zero attached hydrogens (tertiary/aromatic N) is 3. The molecule has 0 radical (unpaired) electrons. The first kappa shape index (κ1) is 9.60. The summed E-state index contributed by atoms with van der Waals surface area (Å²) in [4.78, 5) is 0. The normalized spacial score (nSPS) is 12.7. The summed E-state index contributed by atoms with van der Waals surface area (Å²) in [5.74, 6) is 0. The fraction of sp³-hybridized carbons (Fsp3) is 0.111. The number of hydrogen-bond donors (Lipinski definition) is 1. The smallest absolute Gasteiger partial charge is 0.124 e. The van der Waals surface area contributed by atoms with Crippen LogP contribution in [0.25, 0.3) is 0 Å². The second-order valence-corrected chi connectivity index (χ2v) is 3.83. The van der Waals surface area contributed by atoms with Crippen LogP contribution in [-0.2, 0) is 0 Å². The molecule has 0 saturated carbocycles. The number of hydrogen-bond acceptors (Lipinski definition) is 3. The van der Waals surface area contributed by atoms with Crippen LogP contribution in [0.2, 0.25) is 0 Å². The van der Waals surface area contributed by atoms with Crippen molar-refractivity contribution in [2.75, 3.05) is 0 Å². The summed E-state index contributed by atoms with van der Waals surface area (Å²) < 4.78 is 1.54. The lowest BCUT2D eigenvalue weighted by molar-refractivity contribution is 0.215. The van der Waals surface area contributed by atoms with Gasteiger partial charge >= 0.3 is 0 Å². The highest BCUT2D eigenvalue weighted by Gasteiger charge is 2.13. The highest BCUT2D eigenvalue weighted by molar-refractivity contribution is 14.1. The maximum atomic E-state index is 9.89. The van der Waals surface area contributed by atoms with Crippen LogP contribution in [0.4, 0.5) is 0 Å². The van der Waals surface area contributed by atoms with Gasteiger partial charge in [-0.05, 0) is 5.56 Å². The average Bonchev–Trinajstić information content (AvgIpc) is 2.65. The summed E-state index contributed by atoms with van der Waals surface area (Å²) in [5, 5.41) is 17.5. The number of aliphatic hydroxyl groups is 1. The minimum Gasteiger partial charge on any atom is -0.382 e. The van der Waals surface area contributed by atoms with Gasteiger partial charge in [0.05, 0.1) is 29.1 Å². The topological polar surface area (TPSA) is 50.9 Å². The maximum Gasteiger partial charge on any atom is 0.124 e. The van der Waals surface area contributed by atoms with Crippen molar-refractivity contribution in [3.63, 3.8) is 0 Å². The first-order chi connectivity index (χ1) is 6.77. The Bertz CT molecular complexity index is 415. The molecule has 1 heterocycles. The SMILES string of the molecule is OC(c1ccccc1)c1cn(I)nn1. The van der Waals surface area contributed by atoms with E-state index >= 15 is 0 Å².